The number of aliphatic hydroxyl groups excluding tert-OH is 2. The lowest BCUT2D eigenvalue weighted by molar-refractivity contribution is 0.178. The number of methoxy groups -OCH3 is 1. The molecule has 0 amide bonds. The van der Waals surface area contributed by atoms with Gasteiger partial charge in [-0.3, -0.25) is 0 Å². The molecule has 7 nitrogen and oxygen atoms in total. The number of fused-ring (bicyclic) bond motifs is 1. The van der Waals surface area contributed by atoms with E-state index in [9.17, 15) is 10.2 Å². The summed E-state index contributed by atoms with van der Waals surface area (Å²) >= 11 is 6.26. The van der Waals surface area contributed by atoms with Crippen molar-refractivity contribution in [3.63, 3.8) is 0 Å². The third-order valence-electron chi connectivity index (χ3n) is 5.39. The predicted octanol–water partition coefficient (Wildman–Crippen LogP) is 4.33. The van der Waals surface area contributed by atoms with Gasteiger partial charge in [0.15, 0.2) is 0 Å². The van der Waals surface area contributed by atoms with Crippen LogP contribution in [0.1, 0.15) is 25.0 Å². The van der Waals surface area contributed by atoms with Crippen molar-refractivity contribution >= 4 is 28.2 Å². The molecule has 0 aliphatic rings. The molecule has 0 spiro atoms. The van der Waals surface area contributed by atoms with Crippen molar-refractivity contribution < 1.29 is 19.3 Å². The van der Waals surface area contributed by atoms with Gasteiger partial charge in [0.1, 0.15) is 12.1 Å². The highest BCUT2D eigenvalue weighted by Crippen LogP contribution is 2.35. The number of aromatic nitrogens is 2. The van der Waals surface area contributed by atoms with Crippen molar-refractivity contribution in [3.8, 4) is 11.3 Å². The third kappa shape index (κ3) is 5.83. The largest absolute Gasteiger partial charge is 0.504 e. The number of allylic oxidation sites excluding steroid dienone is 2. The summed E-state index contributed by atoms with van der Waals surface area (Å²) in [5.74, 6) is -0.563. The van der Waals surface area contributed by atoms with Crippen molar-refractivity contribution in [2.24, 2.45) is 5.73 Å². The highest BCUT2D eigenvalue weighted by atomic mass is 35.5. The Bertz CT molecular complexity index is 1200. The molecule has 0 aliphatic carbocycles. The van der Waals surface area contributed by atoms with Crippen LogP contribution < -0.4 is 10.6 Å². The van der Waals surface area contributed by atoms with E-state index in [2.05, 4.69) is 9.97 Å². The molecular formula is C25H28ClFN4O3. The molecule has 34 heavy (non-hydrogen) atoms. The Morgan fingerprint density at radius 2 is 2.09 bits per heavy atom. The van der Waals surface area contributed by atoms with Crippen LogP contribution in [-0.4, -0.2) is 47.0 Å². The fourth-order valence-corrected chi connectivity index (χ4v) is 3.97. The molecule has 2 aromatic carbocycles. The monoisotopic (exact) mass is 486 g/mol. The van der Waals surface area contributed by atoms with Gasteiger partial charge in [-0.15, -0.1) is 0 Å². The van der Waals surface area contributed by atoms with Gasteiger partial charge in [-0.1, -0.05) is 11.6 Å². The Morgan fingerprint density at radius 3 is 2.79 bits per heavy atom. The number of aliphatic hydroxyl groups is 2. The molecule has 0 bridgehead atoms. The summed E-state index contributed by atoms with van der Waals surface area (Å²) in [7, 11) is 1.52. The van der Waals surface area contributed by atoms with Crippen LogP contribution in [0.3, 0.4) is 0 Å². The smallest absolute Gasteiger partial charge is 0.134 e. The lowest BCUT2D eigenvalue weighted by Gasteiger charge is -2.22. The topological polar surface area (TPSA) is 105 Å². The molecule has 0 saturated carbocycles. The van der Waals surface area contributed by atoms with Crippen LogP contribution in [0.2, 0.25) is 5.02 Å². The molecular weight excluding hydrogens is 459 g/mol. The number of benzene rings is 2. The SMILES string of the molecule is CCN(CCO)c1ccc2c(-c3cc([C@H](O)C/C(N)=C/C=C/OC)c(Cl)cc3F)ncnc2c1. The van der Waals surface area contributed by atoms with Crippen LogP contribution in [0.25, 0.3) is 22.2 Å². The quantitative estimate of drug-likeness (QED) is 0.289. The van der Waals surface area contributed by atoms with Crippen molar-refractivity contribution in [2.45, 2.75) is 19.4 Å². The summed E-state index contributed by atoms with van der Waals surface area (Å²) < 4.78 is 19.8. The maximum absolute atomic E-state index is 15.0. The minimum Gasteiger partial charge on any atom is -0.504 e. The second-order valence-corrected chi connectivity index (χ2v) is 8.01. The highest BCUT2D eigenvalue weighted by Gasteiger charge is 2.19. The van der Waals surface area contributed by atoms with Crippen molar-refractivity contribution in [2.75, 3.05) is 31.7 Å². The lowest BCUT2D eigenvalue weighted by Crippen LogP contribution is -2.26. The summed E-state index contributed by atoms with van der Waals surface area (Å²) in [6.45, 7) is 3.24. The average Bonchev–Trinajstić information content (AvgIpc) is 2.82. The molecule has 9 heteroatoms. The first-order valence-electron chi connectivity index (χ1n) is 10.8. The van der Waals surface area contributed by atoms with E-state index in [1.165, 1.54) is 31.8 Å². The Hall–Kier alpha value is -3.20. The zero-order chi connectivity index (χ0) is 24.7. The number of anilines is 1. The summed E-state index contributed by atoms with van der Waals surface area (Å²) in [6, 6.07) is 8.26. The number of ether oxygens (including phenoxy) is 1. The van der Waals surface area contributed by atoms with Gasteiger partial charge in [-0.25, -0.2) is 14.4 Å². The molecule has 1 aromatic heterocycles. The van der Waals surface area contributed by atoms with Gasteiger partial charge in [0.2, 0.25) is 0 Å². The lowest BCUT2D eigenvalue weighted by atomic mass is 9.98. The first-order valence-corrected chi connectivity index (χ1v) is 11.2. The van der Waals surface area contributed by atoms with E-state index >= 15 is 4.39 Å². The van der Waals surface area contributed by atoms with Crippen molar-refractivity contribution in [3.05, 3.63) is 77.2 Å². The van der Waals surface area contributed by atoms with E-state index in [-0.39, 0.29) is 23.6 Å². The summed E-state index contributed by atoms with van der Waals surface area (Å²) in [5.41, 5.74) is 8.82. The zero-order valence-electron chi connectivity index (χ0n) is 19.1. The summed E-state index contributed by atoms with van der Waals surface area (Å²) in [5, 5.41) is 20.8. The number of nitrogens with two attached hydrogens (primary N) is 1. The van der Waals surface area contributed by atoms with E-state index < -0.39 is 11.9 Å². The van der Waals surface area contributed by atoms with Crippen LogP contribution >= 0.6 is 11.6 Å². The molecule has 3 rings (SSSR count). The molecule has 0 saturated heterocycles. The number of hydrogen-bond donors (Lipinski definition) is 3. The molecule has 4 N–H and O–H groups in total. The van der Waals surface area contributed by atoms with E-state index in [0.717, 1.165) is 12.2 Å². The number of hydrogen-bond acceptors (Lipinski definition) is 7. The van der Waals surface area contributed by atoms with Gasteiger partial charge in [0.05, 0.1) is 37.3 Å². The standard InChI is InChI=1S/C25H28ClFN4O3/c1-3-31(8-9-32)17-6-7-18-23(12-17)29-15-30-25(18)20-13-19(21(26)14-22(20)27)24(33)11-16(28)5-4-10-34-2/h4-7,10,12-15,24,32-33H,3,8-9,11,28H2,1-2H3/b10-4+,16-5-/t24-/m1/s1. The van der Waals surface area contributed by atoms with E-state index in [1.54, 1.807) is 12.2 Å². The normalized spacial score (nSPS) is 12.9. The van der Waals surface area contributed by atoms with Gasteiger partial charge in [0, 0.05) is 52.4 Å². The molecule has 180 valence electrons. The maximum Gasteiger partial charge on any atom is 0.134 e. The van der Waals surface area contributed by atoms with Crippen LogP contribution in [0.5, 0.6) is 0 Å². The average molecular weight is 487 g/mol. The summed E-state index contributed by atoms with van der Waals surface area (Å²) in [6.07, 6.45) is 5.10. The second-order valence-electron chi connectivity index (χ2n) is 7.61. The number of nitrogens with zero attached hydrogens (tertiary/aromatic N) is 3. The van der Waals surface area contributed by atoms with E-state index in [4.69, 9.17) is 22.1 Å². The van der Waals surface area contributed by atoms with Gasteiger partial charge >= 0.3 is 0 Å². The zero-order valence-corrected chi connectivity index (χ0v) is 19.8. The highest BCUT2D eigenvalue weighted by molar-refractivity contribution is 6.31. The van der Waals surface area contributed by atoms with Gasteiger partial charge in [0.25, 0.3) is 0 Å². The van der Waals surface area contributed by atoms with Crippen LogP contribution in [-0.2, 0) is 4.74 Å². The van der Waals surface area contributed by atoms with E-state index in [1.807, 2.05) is 30.0 Å². The van der Waals surface area contributed by atoms with E-state index in [0.29, 0.717) is 34.4 Å². The van der Waals surface area contributed by atoms with Crippen LogP contribution in [0, 0.1) is 5.82 Å². The van der Waals surface area contributed by atoms with Crippen LogP contribution in [0.4, 0.5) is 10.1 Å². The number of likely N-dealkylation sites (N-methyl/N-ethyl adjacent to an activating group) is 1. The first-order chi connectivity index (χ1) is 16.4. The van der Waals surface area contributed by atoms with Gasteiger partial charge in [-0.2, -0.15) is 0 Å². The summed E-state index contributed by atoms with van der Waals surface area (Å²) in [4.78, 5) is 10.7. The molecule has 1 atom stereocenters. The predicted molar refractivity (Wildman–Crippen MR) is 133 cm³/mol. The fraction of sp³-hybridized carbons (Fsp3) is 0.280. The number of halogens is 2. The number of rotatable bonds is 10. The van der Waals surface area contributed by atoms with Crippen LogP contribution in [0.15, 0.2) is 60.8 Å². The Labute approximate surface area is 203 Å². The van der Waals surface area contributed by atoms with Gasteiger partial charge in [-0.05, 0) is 49.4 Å². The molecule has 0 radical (unpaired) electrons. The molecule has 3 aromatic rings. The maximum atomic E-state index is 15.0. The Kier molecular flexibility index (Phi) is 8.81. The fourth-order valence-electron chi connectivity index (χ4n) is 3.69. The minimum absolute atomic E-state index is 0.0321. The van der Waals surface area contributed by atoms with Crippen molar-refractivity contribution in [1.82, 2.24) is 9.97 Å². The molecule has 0 fully saturated rings. The third-order valence-corrected chi connectivity index (χ3v) is 5.72. The first kappa shape index (κ1) is 25.4. The molecule has 0 aliphatic heterocycles. The molecule has 0 unspecified atom stereocenters. The van der Waals surface area contributed by atoms with Gasteiger partial charge < -0.3 is 25.6 Å². The second kappa shape index (κ2) is 11.8. The molecule has 1 heterocycles. The Balaban J connectivity index is 2.02. The Morgan fingerprint density at radius 1 is 1.29 bits per heavy atom. The van der Waals surface area contributed by atoms with Crippen molar-refractivity contribution in [1.29, 1.82) is 0 Å². The minimum atomic E-state index is -1.05.